The van der Waals surface area contributed by atoms with Gasteiger partial charge in [0.25, 0.3) is 0 Å². The lowest BCUT2D eigenvalue weighted by atomic mass is 10.3. The van der Waals surface area contributed by atoms with E-state index in [-0.39, 0.29) is 11.9 Å². The molecular formula is C13H14ClN3OS. The highest BCUT2D eigenvalue weighted by Gasteiger charge is 2.12. The van der Waals surface area contributed by atoms with Crippen LogP contribution in [0.4, 0.5) is 0 Å². The van der Waals surface area contributed by atoms with Gasteiger partial charge in [0, 0.05) is 17.3 Å². The van der Waals surface area contributed by atoms with Crippen LogP contribution < -0.4 is 5.32 Å². The molecule has 1 aromatic carbocycles. The lowest BCUT2D eigenvalue weighted by molar-refractivity contribution is -0.119. The number of halogens is 1. The number of amides is 1. The number of aromatic nitrogens is 2. The summed E-state index contributed by atoms with van der Waals surface area (Å²) in [7, 11) is 0. The molecule has 100 valence electrons. The Morgan fingerprint density at radius 1 is 1.53 bits per heavy atom. The lowest BCUT2D eigenvalue weighted by Gasteiger charge is -2.11. The number of rotatable bonds is 5. The number of hydrogen-bond donors (Lipinski definition) is 2. The molecule has 1 atom stereocenters. The van der Waals surface area contributed by atoms with E-state index in [4.69, 9.17) is 11.6 Å². The van der Waals surface area contributed by atoms with E-state index in [1.54, 1.807) is 12.4 Å². The minimum Gasteiger partial charge on any atom is -0.347 e. The maximum atomic E-state index is 11.8. The largest absolute Gasteiger partial charge is 0.347 e. The van der Waals surface area contributed by atoms with Gasteiger partial charge in [-0.05, 0) is 19.1 Å². The average molecular weight is 296 g/mol. The third-order valence-corrected chi connectivity index (χ3v) is 4.02. The van der Waals surface area contributed by atoms with Gasteiger partial charge >= 0.3 is 0 Å². The second-order valence-electron chi connectivity index (χ2n) is 3.98. The van der Waals surface area contributed by atoms with Gasteiger partial charge < -0.3 is 10.3 Å². The van der Waals surface area contributed by atoms with E-state index in [2.05, 4.69) is 15.3 Å². The first kappa shape index (κ1) is 14.0. The SMILES string of the molecule is CC(NC(=O)CSc1ccccc1Cl)c1ncc[nH]1. The van der Waals surface area contributed by atoms with Crippen molar-refractivity contribution in [1.82, 2.24) is 15.3 Å². The molecule has 1 amide bonds. The number of aromatic amines is 1. The van der Waals surface area contributed by atoms with Crippen LogP contribution in [0.2, 0.25) is 5.02 Å². The molecule has 1 heterocycles. The van der Waals surface area contributed by atoms with Gasteiger partial charge in [-0.15, -0.1) is 11.8 Å². The Morgan fingerprint density at radius 3 is 3.00 bits per heavy atom. The van der Waals surface area contributed by atoms with E-state index in [1.807, 2.05) is 31.2 Å². The number of carbonyl (C=O) groups is 1. The van der Waals surface area contributed by atoms with Gasteiger partial charge in [-0.2, -0.15) is 0 Å². The molecule has 0 fully saturated rings. The number of hydrogen-bond acceptors (Lipinski definition) is 3. The Morgan fingerprint density at radius 2 is 2.32 bits per heavy atom. The molecule has 0 saturated carbocycles. The smallest absolute Gasteiger partial charge is 0.230 e. The van der Waals surface area contributed by atoms with Crippen LogP contribution in [0.5, 0.6) is 0 Å². The minimum atomic E-state index is -0.130. The number of nitrogens with one attached hydrogen (secondary N) is 2. The van der Waals surface area contributed by atoms with Gasteiger partial charge in [0.05, 0.1) is 16.8 Å². The Bertz CT molecular complexity index is 545. The molecule has 1 unspecified atom stereocenters. The zero-order valence-corrected chi connectivity index (χ0v) is 12.0. The summed E-state index contributed by atoms with van der Waals surface area (Å²) >= 11 is 7.45. The Labute approximate surface area is 121 Å². The monoisotopic (exact) mass is 295 g/mol. The molecule has 19 heavy (non-hydrogen) atoms. The topological polar surface area (TPSA) is 57.8 Å². The van der Waals surface area contributed by atoms with Crippen LogP contribution in [0.1, 0.15) is 18.8 Å². The third kappa shape index (κ3) is 4.01. The van der Waals surface area contributed by atoms with Crippen molar-refractivity contribution in [2.75, 3.05) is 5.75 Å². The van der Waals surface area contributed by atoms with Crippen LogP contribution in [0.15, 0.2) is 41.6 Å². The predicted octanol–water partition coefficient (Wildman–Crippen LogP) is 3.03. The number of H-pyrrole nitrogens is 1. The molecule has 0 aliphatic rings. The van der Waals surface area contributed by atoms with Crippen molar-refractivity contribution < 1.29 is 4.79 Å². The third-order valence-electron chi connectivity index (χ3n) is 2.50. The molecule has 0 saturated heterocycles. The van der Waals surface area contributed by atoms with Crippen molar-refractivity contribution in [1.29, 1.82) is 0 Å². The van der Waals surface area contributed by atoms with E-state index in [9.17, 15) is 4.79 Å². The van der Waals surface area contributed by atoms with Crippen molar-refractivity contribution in [2.45, 2.75) is 17.9 Å². The summed E-state index contributed by atoms with van der Waals surface area (Å²) in [5.41, 5.74) is 0. The molecule has 4 nitrogen and oxygen atoms in total. The van der Waals surface area contributed by atoms with Crippen LogP contribution in [0.3, 0.4) is 0 Å². The number of benzene rings is 1. The Balaban J connectivity index is 1.84. The second kappa shape index (κ2) is 6.63. The molecule has 0 spiro atoms. The number of thioether (sulfide) groups is 1. The van der Waals surface area contributed by atoms with Crippen molar-refractivity contribution in [3.8, 4) is 0 Å². The van der Waals surface area contributed by atoms with Crippen LogP contribution >= 0.6 is 23.4 Å². The van der Waals surface area contributed by atoms with Gasteiger partial charge in [-0.25, -0.2) is 4.98 Å². The highest BCUT2D eigenvalue weighted by molar-refractivity contribution is 8.00. The maximum absolute atomic E-state index is 11.8. The molecule has 2 N–H and O–H groups in total. The van der Waals surface area contributed by atoms with Crippen molar-refractivity contribution >= 4 is 29.3 Å². The Hall–Kier alpha value is -1.46. The van der Waals surface area contributed by atoms with Gasteiger partial charge in [0.1, 0.15) is 5.82 Å². The van der Waals surface area contributed by atoms with Crippen LogP contribution in [0.25, 0.3) is 0 Å². The Kier molecular flexibility index (Phi) is 4.87. The van der Waals surface area contributed by atoms with E-state index >= 15 is 0 Å². The fraction of sp³-hybridized carbons (Fsp3) is 0.231. The van der Waals surface area contributed by atoms with E-state index in [0.29, 0.717) is 10.8 Å². The lowest BCUT2D eigenvalue weighted by Crippen LogP contribution is -2.28. The summed E-state index contributed by atoms with van der Waals surface area (Å²) in [4.78, 5) is 19.8. The molecular weight excluding hydrogens is 282 g/mol. The van der Waals surface area contributed by atoms with Crippen LogP contribution in [-0.4, -0.2) is 21.6 Å². The fourth-order valence-electron chi connectivity index (χ4n) is 1.57. The molecule has 0 radical (unpaired) electrons. The molecule has 2 aromatic rings. The van der Waals surface area contributed by atoms with E-state index in [0.717, 1.165) is 10.7 Å². The van der Waals surface area contributed by atoms with Gasteiger partial charge in [-0.1, -0.05) is 23.7 Å². The zero-order valence-electron chi connectivity index (χ0n) is 10.4. The number of imidazole rings is 1. The first-order valence-corrected chi connectivity index (χ1v) is 7.19. The summed E-state index contributed by atoms with van der Waals surface area (Å²) in [6, 6.07) is 7.35. The minimum absolute atomic E-state index is 0.0474. The van der Waals surface area contributed by atoms with E-state index in [1.165, 1.54) is 11.8 Å². The highest BCUT2D eigenvalue weighted by atomic mass is 35.5. The summed E-state index contributed by atoms with van der Waals surface area (Å²) in [6.45, 7) is 1.89. The molecule has 6 heteroatoms. The summed E-state index contributed by atoms with van der Waals surface area (Å²) in [5, 5.41) is 3.54. The zero-order chi connectivity index (χ0) is 13.7. The summed E-state index contributed by atoms with van der Waals surface area (Å²) < 4.78 is 0. The molecule has 1 aromatic heterocycles. The number of nitrogens with zero attached hydrogens (tertiary/aromatic N) is 1. The average Bonchev–Trinajstić information content (AvgIpc) is 2.91. The van der Waals surface area contributed by atoms with Crippen LogP contribution in [0, 0.1) is 0 Å². The predicted molar refractivity (Wildman–Crippen MR) is 77.3 cm³/mol. The fourth-order valence-corrected chi connectivity index (χ4v) is 2.62. The quantitative estimate of drug-likeness (QED) is 0.834. The standard InChI is InChI=1S/C13H14ClN3OS/c1-9(13-15-6-7-16-13)17-12(18)8-19-11-5-3-2-4-10(11)14/h2-7,9H,8H2,1H3,(H,15,16)(H,17,18). The maximum Gasteiger partial charge on any atom is 0.230 e. The van der Waals surface area contributed by atoms with E-state index < -0.39 is 0 Å². The van der Waals surface area contributed by atoms with Crippen molar-refractivity contribution in [3.63, 3.8) is 0 Å². The van der Waals surface area contributed by atoms with Crippen molar-refractivity contribution in [2.24, 2.45) is 0 Å². The van der Waals surface area contributed by atoms with Gasteiger partial charge in [0.15, 0.2) is 0 Å². The molecule has 0 aliphatic carbocycles. The van der Waals surface area contributed by atoms with Crippen LogP contribution in [-0.2, 0) is 4.79 Å². The highest BCUT2D eigenvalue weighted by Crippen LogP contribution is 2.26. The second-order valence-corrected chi connectivity index (χ2v) is 5.41. The summed E-state index contributed by atoms with van der Waals surface area (Å²) in [6.07, 6.45) is 3.40. The summed E-state index contributed by atoms with van der Waals surface area (Å²) in [5.74, 6) is 1.03. The van der Waals surface area contributed by atoms with Crippen molar-refractivity contribution in [3.05, 3.63) is 47.5 Å². The first-order chi connectivity index (χ1) is 9.16. The normalized spacial score (nSPS) is 12.1. The first-order valence-electron chi connectivity index (χ1n) is 5.83. The van der Waals surface area contributed by atoms with Gasteiger partial charge in [-0.3, -0.25) is 4.79 Å². The molecule has 0 aliphatic heterocycles. The molecule has 2 rings (SSSR count). The van der Waals surface area contributed by atoms with Gasteiger partial charge in [0.2, 0.25) is 5.91 Å². The number of carbonyl (C=O) groups excluding carboxylic acids is 1. The molecule has 0 bridgehead atoms.